The highest BCUT2D eigenvalue weighted by molar-refractivity contribution is 5.79. The molecule has 1 unspecified atom stereocenters. The highest BCUT2D eigenvalue weighted by Gasteiger charge is 2.22. The monoisotopic (exact) mass is 269 g/mol. The van der Waals surface area contributed by atoms with E-state index in [2.05, 4.69) is 10.4 Å². The lowest BCUT2D eigenvalue weighted by molar-refractivity contribution is -0.119. The predicted molar refractivity (Wildman–Crippen MR) is 75.3 cm³/mol. The number of hydrogen-bond donors (Lipinski definition) is 1. The van der Waals surface area contributed by atoms with Crippen LogP contribution >= 0.6 is 0 Å². The number of carbonyl (C=O) groups excluding carboxylic acids is 1. The number of amides is 1. The minimum Gasteiger partial charge on any atom is -0.355 e. The first kappa shape index (κ1) is 12.6. The molecule has 0 bridgehead atoms. The van der Waals surface area contributed by atoms with Gasteiger partial charge in [0, 0.05) is 37.6 Å². The molecule has 1 aromatic carbocycles. The number of benzene rings is 1. The Morgan fingerprint density at radius 2 is 1.90 bits per heavy atom. The van der Waals surface area contributed by atoms with Gasteiger partial charge in [-0.15, -0.1) is 0 Å². The van der Waals surface area contributed by atoms with Crippen LogP contribution in [0.4, 0.5) is 0 Å². The van der Waals surface area contributed by atoms with Gasteiger partial charge in [0.05, 0.1) is 5.69 Å². The second-order valence-electron chi connectivity index (χ2n) is 5.01. The maximum absolute atomic E-state index is 11.3. The van der Waals surface area contributed by atoms with Gasteiger partial charge in [-0.2, -0.15) is 5.10 Å². The molecule has 0 radical (unpaired) electrons. The van der Waals surface area contributed by atoms with Gasteiger partial charge in [-0.3, -0.25) is 9.59 Å². The summed E-state index contributed by atoms with van der Waals surface area (Å²) >= 11 is 0. The zero-order valence-electron chi connectivity index (χ0n) is 11.2. The SMILES string of the molecule is Cn1nc(-c2ccc(C3CNC(=O)C3)cc2)ccc1=O. The van der Waals surface area contributed by atoms with Crippen molar-refractivity contribution in [1.82, 2.24) is 15.1 Å². The summed E-state index contributed by atoms with van der Waals surface area (Å²) in [6.45, 7) is 0.705. The summed E-state index contributed by atoms with van der Waals surface area (Å²) in [7, 11) is 1.63. The lowest BCUT2D eigenvalue weighted by Gasteiger charge is -2.09. The molecule has 0 aliphatic carbocycles. The van der Waals surface area contributed by atoms with Crippen molar-refractivity contribution < 1.29 is 4.79 Å². The van der Waals surface area contributed by atoms with E-state index in [0.717, 1.165) is 16.8 Å². The lowest BCUT2D eigenvalue weighted by atomic mass is 9.96. The maximum Gasteiger partial charge on any atom is 0.266 e. The molecule has 5 heteroatoms. The molecule has 1 aliphatic rings. The number of nitrogens with zero attached hydrogens (tertiary/aromatic N) is 2. The average Bonchev–Trinajstić information content (AvgIpc) is 2.89. The van der Waals surface area contributed by atoms with Crippen LogP contribution in [0.5, 0.6) is 0 Å². The van der Waals surface area contributed by atoms with Gasteiger partial charge in [-0.05, 0) is 11.6 Å². The fourth-order valence-corrected chi connectivity index (χ4v) is 2.42. The molecule has 102 valence electrons. The Morgan fingerprint density at radius 1 is 1.15 bits per heavy atom. The Balaban J connectivity index is 1.87. The predicted octanol–water partition coefficient (Wildman–Crippen LogP) is 1.05. The van der Waals surface area contributed by atoms with Crippen molar-refractivity contribution >= 4 is 5.91 Å². The molecule has 0 spiro atoms. The third kappa shape index (κ3) is 2.34. The normalized spacial score (nSPS) is 18.1. The van der Waals surface area contributed by atoms with Gasteiger partial charge < -0.3 is 5.32 Å². The van der Waals surface area contributed by atoms with E-state index in [9.17, 15) is 9.59 Å². The van der Waals surface area contributed by atoms with Crippen molar-refractivity contribution in [2.45, 2.75) is 12.3 Å². The van der Waals surface area contributed by atoms with Crippen molar-refractivity contribution in [1.29, 1.82) is 0 Å². The Labute approximate surface area is 116 Å². The third-order valence-electron chi connectivity index (χ3n) is 3.62. The van der Waals surface area contributed by atoms with Gasteiger partial charge in [0.25, 0.3) is 5.56 Å². The summed E-state index contributed by atoms with van der Waals surface area (Å²) in [5.74, 6) is 0.364. The fraction of sp³-hybridized carbons (Fsp3) is 0.267. The van der Waals surface area contributed by atoms with Crippen LogP contribution in [0.25, 0.3) is 11.3 Å². The average molecular weight is 269 g/mol. The molecular formula is C15H15N3O2. The Hall–Kier alpha value is -2.43. The van der Waals surface area contributed by atoms with Gasteiger partial charge in [-0.25, -0.2) is 4.68 Å². The van der Waals surface area contributed by atoms with Gasteiger partial charge >= 0.3 is 0 Å². The van der Waals surface area contributed by atoms with E-state index in [-0.39, 0.29) is 17.4 Å². The Kier molecular flexibility index (Phi) is 3.10. The zero-order chi connectivity index (χ0) is 14.1. The van der Waals surface area contributed by atoms with Crippen LogP contribution in [0.1, 0.15) is 17.9 Å². The Morgan fingerprint density at radius 3 is 2.50 bits per heavy atom. The van der Waals surface area contributed by atoms with E-state index in [0.29, 0.717) is 13.0 Å². The van der Waals surface area contributed by atoms with E-state index < -0.39 is 0 Å². The topological polar surface area (TPSA) is 64.0 Å². The van der Waals surface area contributed by atoms with Gasteiger partial charge in [-0.1, -0.05) is 24.3 Å². The molecule has 20 heavy (non-hydrogen) atoms. The highest BCUT2D eigenvalue weighted by Crippen LogP contribution is 2.25. The van der Waals surface area contributed by atoms with Gasteiger partial charge in [0.15, 0.2) is 0 Å². The molecule has 1 atom stereocenters. The fourth-order valence-electron chi connectivity index (χ4n) is 2.42. The second-order valence-corrected chi connectivity index (χ2v) is 5.01. The van der Waals surface area contributed by atoms with Crippen LogP contribution in [0, 0.1) is 0 Å². The standard InChI is InChI=1S/C15H15N3O2/c1-18-15(20)7-6-13(17-18)11-4-2-10(3-5-11)12-8-14(19)16-9-12/h2-7,12H,8-9H2,1H3,(H,16,19). The molecule has 3 rings (SSSR count). The van der Waals surface area contributed by atoms with E-state index in [1.54, 1.807) is 13.1 Å². The minimum atomic E-state index is -0.124. The van der Waals surface area contributed by atoms with Crippen LogP contribution in [-0.4, -0.2) is 22.2 Å². The number of aromatic nitrogens is 2. The van der Waals surface area contributed by atoms with Crippen molar-refractivity contribution in [2.75, 3.05) is 6.54 Å². The summed E-state index contributed by atoms with van der Waals surface area (Å²) in [5, 5.41) is 7.06. The van der Waals surface area contributed by atoms with Crippen molar-refractivity contribution in [3.63, 3.8) is 0 Å². The first-order valence-corrected chi connectivity index (χ1v) is 6.55. The molecule has 0 saturated carbocycles. The number of aryl methyl sites for hydroxylation is 1. The third-order valence-corrected chi connectivity index (χ3v) is 3.62. The van der Waals surface area contributed by atoms with Crippen molar-refractivity contribution in [2.24, 2.45) is 7.05 Å². The minimum absolute atomic E-state index is 0.110. The summed E-state index contributed by atoms with van der Waals surface area (Å²) in [6.07, 6.45) is 0.553. The van der Waals surface area contributed by atoms with Crippen LogP contribution in [0.15, 0.2) is 41.2 Å². The molecule has 5 nitrogen and oxygen atoms in total. The highest BCUT2D eigenvalue weighted by atomic mass is 16.2. The maximum atomic E-state index is 11.3. The largest absolute Gasteiger partial charge is 0.355 e. The van der Waals surface area contributed by atoms with Crippen LogP contribution in [-0.2, 0) is 11.8 Å². The molecule has 1 fully saturated rings. The molecule has 1 aromatic heterocycles. The number of hydrogen-bond acceptors (Lipinski definition) is 3. The van der Waals surface area contributed by atoms with E-state index in [4.69, 9.17) is 0 Å². The van der Waals surface area contributed by atoms with E-state index >= 15 is 0 Å². The number of nitrogens with one attached hydrogen (secondary N) is 1. The first-order valence-electron chi connectivity index (χ1n) is 6.55. The van der Waals surface area contributed by atoms with Crippen LogP contribution in [0.2, 0.25) is 0 Å². The van der Waals surface area contributed by atoms with E-state index in [1.807, 2.05) is 24.3 Å². The first-order chi connectivity index (χ1) is 9.63. The summed E-state index contributed by atoms with van der Waals surface area (Å²) in [6, 6.07) is 11.2. The molecule has 2 heterocycles. The molecule has 1 amide bonds. The summed E-state index contributed by atoms with van der Waals surface area (Å²) < 4.78 is 1.32. The molecule has 2 aromatic rings. The van der Waals surface area contributed by atoms with Crippen molar-refractivity contribution in [3.8, 4) is 11.3 Å². The zero-order valence-corrected chi connectivity index (χ0v) is 11.2. The Bertz CT molecular complexity index is 704. The molecule has 1 saturated heterocycles. The smallest absolute Gasteiger partial charge is 0.266 e. The molecule has 1 N–H and O–H groups in total. The summed E-state index contributed by atoms with van der Waals surface area (Å²) in [5.41, 5.74) is 2.75. The van der Waals surface area contributed by atoms with Crippen molar-refractivity contribution in [3.05, 3.63) is 52.3 Å². The van der Waals surface area contributed by atoms with Crippen LogP contribution < -0.4 is 10.9 Å². The quantitative estimate of drug-likeness (QED) is 0.886. The number of carbonyl (C=O) groups is 1. The second kappa shape index (κ2) is 4.92. The van der Waals surface area contributed by atoms with Gasteiger partial charge in [0.2, 0.25) is 5.91 Å². The van der Waals surface area contributed by atoms with Gasteiger partial charge in [0.1, 0.15) is 0 Å². The summed E-state index contributed by atoms with van der Waals surface area (Å²) in [4.78, 5) is 22.6. The van der Waals surface area contributed by atoms with E-state index in [1.165, 1.54) is 10.7 Å². The molecular weight excluding hydrogens is 254 g/mol. The van der Waals surface area contributed by atoms with Crippen LogP contribution in [0.3, 0.4) is 0 Å². The number of rotatable bonds is 2. The lowest BCUT2D eigenvalue weighted by Crippen LogP contribution is -2.18. The molecule has 1 aliphatic heterocycles.